The Bertz CT molecular complexity index is 851. The van der Waals surface area contributed by atoms with E-state index < -0.39 is 53.9 Å². The summed E-state index contributed by atoms with van der Waals surface area (Å²) in [5.41, 5.74) is 5.72. The second-order valence-corrected chi connectivity index (χ2v) is 10.3. The quantitative estimate of drug-likeness (QED) is 0.128. The monoisotopic (exact) mass is 602 g/mol. The topological polar surface area (TPSA) is 203 Å². The zero-order valence-corrected chi connectivity index (χ0v) is 26.6. The van der Waals surface area contributed by atoms with Gasteiger partial charge in [0.15, 0.2) is 0 Å². The zero-order valence-electron chi connectivity index (χ0n) is 26.6. The number of esters is 2. The number of nitrogens with two attached hydrogens (primary N) is 1. The average molecular weight is 603 g/mol. The summed E-state index contributed by atoms with van der Waals surface area (Å²) in [6.45, 7) is 15.0. The molecule has 0 aromatic carbocycles. The molecule has 5 unspecified atom stereocenters. The van der Waals surface area contributed by atoms with Gasteiger partial charge in [0.2, 0.25) is 17.7 Å². The van der Waals surface area contributed by atoms with E-state index in [-0.39, 0.29) is 63.6 Å². The number of hydrogen-bond acceptors (Lipinski definition) is 9. The minimum atomic E-state index is -1.26. The molecule has 0 aromatic heterocycles. The Balaban J connectivity index is 0. The lowest BCUT2D eigenvalue weighted by Crippen LogP contribution is -2.51. The Morgan fingerprint density at radius 3 is 1.86 bits per heavy atom. The third kappa shape index (κ3) is 19.0. The van der Waals surface area contributed by atoms with Gasteiger partial charge in [-0.15, -0.1) is 0 Å². The van der Waals surface area contributed by atoms with Crippen molar-refractivity contribution < 1.29 is 43.3 Å². The molecular weight excluding hydrogens is 548 g/mol. The predicted octanol–water partition coefficient (Wildman–Crippen LogP) is 2.05. The molecular formula is C29H54N4O9. The van der Waals surface area contributed by atoms with Gasteiger partial charge in [-0.05, 0) is 64.7 Å². The summed E-state index contributed by atoms with van der Waals surface area (Å²) in [5.74, 6) is -3.57. The first kappa shape index (κ1) is 40.9. The molecule has 0 spiro atoms. The van der Waals surface area contributed by atoms with Crippen molar-refractivity contribution in [3.05, 3.63) is 0 Å². The maximum atomic E-state index is 12.7. The Labute approximate surface area is 250 Å². The van der Waals surface area contributed by atoms with E-state index in [1.165, 1.54) is 6.92 Å². The molecule has 3 amide bonds. The maximum Gasteiger partial charge on any atom is 0.328 e. The molecule has 0 aliphatic rings. The summed E-state index contributed by atoms with van der Waals surface area (Å²) >= 11 is 0. The first-order valence-electron chi connectivity index (χ1n) is 14.9. The number of aliphatic carboxylic acids is 1. The van der Waals surface area contributed by atoms with Crippen LogP contribution in [0.15, 0.2) is 0 Å². The van der Waals surface area contributed by atoms with Crippen LogP contribution in [0.5, 0.6) is 0 Å². The summed E-state index contributed by atoms with van der Waals surface area (Å²) in [5, 5.41) is 17.0. The van der Waals surface area contributed by atoms with Gasteiger partial charge in [0.25, 0.3) is 0 Å². The van der Waals surface area contributed by atoms with E-state index in [4.69, 9.17) is 15.2 Å². The van der Waals surface area contributed by atoms with Gasteiger partial charge in [0.1, 0.15) is 24.2 Å². The van der Waals surface area contributed by atoms with E-state index in [1.807, 2.05) is 20.8 Å². The molecule has 0 aromatic rings. The number of ether oxygens (including phenoxy) is 2. The number of nitrogens with one attached hydrogen (secondary N) is 3. The number of carbonyl (C=O) groups excluding carboxylic acids is 5. The third-order valence-corrected chi connectivity index (χ3v) is 5.96. The second kappa shape index (κ2) is 23.4. The highest BCUT2D eigenvalue weighted by atomic mass is 16.5. The summed E-state index contributed by atoms with van der Waals surface area (Å²) < 4.78 is 9.82. The molecule has 0 radical (unpaired) electrons. The number of hydrogen-bond donors (Lipinski definition) is 5. The largest absolute Gasteiger partial charge is 0.480 e. The van der Waals surface area contributed by atoms with Crippen LogP contribution >= 0.6 is 0 Å². The SMILES string of the molecule is CC.CCOC(=O)C(N)CCCC(NC(=O)CCC(NC(=O)C(C)NC(=O)CC(C)CC(C)C)C(=O)OCC)C(=O)O. The fourth-order valence-electron chi connectivity index (χ4n) is 4.07. The number of carbonyl (C=O) groups is 6. The van der Waals surface area contributed by atoms with Gasteiger partial charge in [-0.3, -0.25) is 19.2 Å². The average Bonchev–Trinajstić information content (AvgIpc) is 2.90. The molecule has 0 rings (SSSR count). The first-order chi connectivity index (χ1) is 19.7. The Kier molecular flexibility index (Phi) is 22.8. The number of carboxylic acids is 1. The maximum absolute atomic E-state index is 12.7. The molecule has 13 heteroatoms. The molecule has 0 saturated carbocycles. The second-order valence-electron chi connectivity index (χ2n) is 10.3. The number of amides is 3. The third-order valence-electron chi connectivity index (χ3n) is 5.96. The van der Waals surface area contributed by atoms with Crippen molar-refractivity contribution in [2.45, 2.75) is 125 Å². The molecule has 6 N–H and O–H groups in total. The lowest BCUT2D eigenvalue weighted by atomic mass is 9.95. The minimum Gasteiger partial charge on any atom is -0.480 e. The van der Waals surface area contributed by atoms with E-state index in [2.05, 4.69) is 29.8 Å². The summed E-state index contributed by atoms with van der Waals surface area (Å²) in [7, 11) is 0. The van der Waals surface area contributed by atoms with Crippen LogP contribution < -0.4 is 21.7 Å². The zero-order chi connectivity index (χ0) is 32.8. The number of rotatable bonds is 20. The van der Waals surface area contributed by atoms with E-state index in [9.17, 15) is 33.9 Å². The van der Waals surface area contributed by atoms with Crippen molar-refractivity contribution in [2.24, 2.45) is 17.6 Å². The van der Waals surface area contributed by atoms with Crippen molar-refractivity contribution in [2.75, 3.05) is 13.2 Å². The fraction of sp³-hybridized carbons (Fsp3) is 0.793. The molecule has 0 heterocycles. The Morgan fingerprint density at radius 2 is 1.33 bits per heavy atom. The smallest absolute Gasteiger partial charge is 0.328 e. The van der Waals surface area contributed by atoms with Crippen molar-refractivity contribution in [3.63, 3.8) is 0 Å². The normalized spacial score (nSPS) is 14.1. The highest BCUT2D eigenvalue weighted by Gasteiger charge is 2.27. The lowest BCUT2D eigenvalue weighted by Gasteiger charge is -2.21. The van der Waals surface area contributed by atoms with Crippen LogP contribution in [0.3, 0.4) is 0 Å². The highest BCUT2D eigenvalue weighted by molar-refractivity contribution is 5.91. The van der Waals surface area contributed by atoms with Gasteiger partial charge in [0, 0.05) is 12.8 Å². The van der Waals surface area contributed by atoms with Gasteiger partial charge in [-0.25, -0.2) is 9.59 Å². The van der Waals surface area contributed by atoms with Crippen molar-refractivity contribution in [1.29, 1.82) is 0 Å². The Morgan fingerprint density at radius 1 is 0.762 bits per heavy atom. The molecule has 42 heavy (non-hydrogen) atoms. The molecule has 0 bridgehead atoms. The van der Waals surface area contributed by atoms with Gasteiger partial charge in [-0.1, -0.05) is 34.6 Å². The van der Waals surface area contributed by atoms with Crippen LogP contribution in [0.2, 0.25) is 0 Å². The van der Waals surface area contributed by atoms with Gasteiger partial charge in [-0.2, -0.15) is 0 Å². The highest BCUT2D eigenvalue weighted by Crippen LogP contribution is 2.14. The van der Waals surface area contributed by atoms with Crippen LogP contribution in [0, 0.1) is 11.8 Å². The molecule has 5 atom stereocenters. The van der Waals surface area contributed by atoms with Gasteiger partial charge in [0.05, 0.1) is 13.2 Å². The van der Waals surface area contributed by atoms with Crippen LogP contribution in [-0.2, 0) is 38.2 Å². The van der Waals surface area contributed by atoms with Crippen LogP contribution in [0.4, 0.5) is 0 Å². The number of carboxylic acid groups (broad SMARTS) is 1. The first-order valence-corrected chi connectivity index (χ1v) is 14.9. The molecule has 0 aliphatic heterocycles. The summed E-state index contributed by atoms with van der Waals surface area (Å²) in [6, 6.07) is -4.23. The van der Waals surface area contributed by atoms with Gasteiger partial charge < -0.3 is 36.3 Å². The van der Waals surface area contributed by atoms with Gasteiger partial charge >= 0.3 is 17.9 Å². The molecule has 13 nitrogen and oxygen atoms in total. The van der Waals surface area contributed by atoms with Crippen molar-refractivity contribution in [3.8, 4) is 0 Å². The van der Waals surface area contributed by atoms with Crippen LogP contribution in [0.25, 0.3) is 0 Å². The molecule has 0 saturated heterocycles. The summed E-state index contributed by atoms with van der Waals surface area (Å²) in [4.78, 5) is 73.1. The van der Waals surface area contributed by atoms with E-state index in [0.29, 0.717) is 5.92 Å². The standard InChI is InChI=1S/C27H48N4O9.C2H6/c1-7-39-26(37)19(28)10-9-11-20(25(35)36)30-22(32)13-12-21(27(38)40-8-2)31-24(34)18(6)29-23(33)15-17(5)14-16(3)4;1-2/h16-21H,7-15,28H2,1-6H3,(H,29,33)(H,30,32)(H,31,34)(H,35,36);1-2H3. The van der Waals surface area contributed by atoms with Crippen molar-refractivity contribution in [1.82, 2.24) is 16.0 Å². The van der Waals surface area contributed by atoms with Crippen LogP contribution in [0.1, 0.15) is 100 Å². The molecule has 0 fully saturated rings. The lowest BCUT2D eigenvalue weighted by molar-refractivity contribution is -0.148. The molecule has 0 aliphatic carbocycles. The van der Waals surface area contributed by atoms with E-state index in [0.717, 1.165) is 6.42 Å². The van der Waals surface area contributed by atoms with E-state index >= 15 is 0 Å². The van der Waals surface area contributed by atoms with E-state index in [1.54, 1.807) is 13.8 Å². The fourth-order valence-corrected chi connectivity index (χ4v) is 4.07. The molecule has 244 valence electrons. The predicted molar refractivity (Wildman–Crippen MR) is 158 cm³/mol. The summed E-state index contributed by atoms with van der Waals surface area (Å²) in [6.07, 6.45) is 1.16. The van der Waals surface area contributed by atoms with Crippen molar-refractivity contribution >= 4 is 35.6 Å². The minimum absolute atomic E-state index is 0.0270. The van der Waals surface area contributed by atoms with Crippen LogP contribution in [-0.4, -0.2) is 78.1 Å². The Hall–Kier alpha value is -3.22.